The molecule has 0 N–H and O–H groups in total. The molecule has 0 atom stereocenters. The molecule has 112 valence electrons. The highest BCUT2D eigenvalue weighted by Crippen LogP contribution is 2.10. The summed E-state index contributed by atoms with van der Waals surface area (Å²) in [6.07, 6.45) is 1.73. The van der Waals surface area contributed by atoms with Crippen molar-refractivity contribution in [3.63, 3.8) is 0 Å². The number of aromatic nitrogens is 2. The van der Waals surface area contributed by atoms with Gasteiger partial charge in [-0.2, -0.15) is 0 Å². The Kier molecular flexibility index (Phi) is 4.92. The van der Waals surface area contributed by atoms with Gasteiger partial charge in [0.2, 0.25) is 6.33 Å². The fourth-order valence-corrected chi connectivity index (χ4v) is 2.19. The summed E-state index contributed by atoms with van der Waals surface area (Å²) in [4.78, 5) is 23.3. The summed E-state index contributed by atoms with van der Waals surface area (Å²) in [5.41, 5.74) is 1.74. The third-order valence-electron chi connectivity index (χ3n) is 2.99. The van der Waals surface area contributed by atoms with Crippen molar-refractivity contribution in [3.05, 3.63) is 30.6 Å². The normalized spacial score (nSPS) is 10.6. The Morgan fingerprint density at radius 1 is 1.10 bits per heavy atom. The molecule has 0 saturated heterocycles. The van der Waals surface area contributed by atoms with Crippen molar-refractivity contribution >= 4 is 23.0 Å². The number of benzene rings is 1. The number of carbonyl (C=O) groups is 2. The summed E-state index contributed by atoms with van der Waals surface area (Å²) in [5.74, 6) is -0.608. The van der Waals surface area contributed by atoms with Crippen LogP contribution in [0.4, 0.5) is 0 Å². The molecule has 1 aromatic heterocycles. The lowest BCUT2D eigenvalue weighted by atomic mass is 10.3. The third-order valence-corrected chi connectivity index (χ3v) is 2.99. The van der Waals surface area contributed by atoms with Gasteiger partial charge in [-0.1, -0.05) is 12.1 Å². The average molecular weight is 291 g/mol. The lowest BCUT2D eigenvalue weighted by Crippen LogP contribution is -2.37. The van der Waals surface area contributed by atoms with Gasteiger partial charge in [-0.25, -0.2) is 18.7 Å². The number of ether oxygens (including phenoxy) is 2. The van der Waals surface area contributed by atoms with Crippen LogP contribution in [0.2, 0.25) is 0 Å². The largest absolute Gasteiger partial charge is 0.463 e. The van der Waals surface area contributed by atoms with Crippen molar-refractivity contribution in [3.8, 4) is 0 Å². The quantitative estimate of drug-likeness (QED) is 0.589. The molecular formula is C15H19N2O4+. The van der Waals surface area contributed by atoms with Crippen LogP contribution < -0.4 is 4.57 Å². The molecule has 0 saturated carbocycles. The number of rotatable bonds is 6. The van der Waals surface area contributed by atoms with Crippen LogP contribution in [-0.4, -0.2) is 29.7 Å². The standard InChI is InChI=1S/C15H19N2O4/c1-3-20-14(18)9-16-11-17(10-15(19)21-4-2)13-8-6-5-7-12(13)16/h5-8,11H,3-4,9-10H2,1-2H3/q+1. The molecule has 0 radical (unpaired) electrons. The Morgan fingerprint density at radius 3 is 2.48 bits per heavy atom. The van der Waals surface area contributed by atoms with Gasteiger partial charge in [0, 0.05) is 0 Å². The fourth-order valence-electron chi connectivity index (χ4n) is 2.19. The third kappa shape index (κ3) is 3.59. The summed E-state index contributed by atoms with van der Waals surface area (Å²) in [6, 6.07) is 7.57. The number of fused-ring (bicyclic) bond motifs is 1. The zero-order chi connectivity index (χ0) is 15.2. The minimum absolute atomic E-state index is 0.115. The van der Waals surface area contributed by atoms with Crippen LogP contribution in [0.25, 0.3) is 11.0 Å². The molecule has 0 aliphatic carbocycles. The Labute approximate surface area is 122 Å². The number of para-hydroxylation sites is 2. The second-order valence-corrected chi connectivity index (χ2v) is 4.47. The molecule has 0 fully saturated rings. The molecule has 2 aromatic rings. The fraction of sp³-hybridized carbons (Fsp3) is 0.400. The van der Waals surface area contributed by atoms with Crippen LogP contribution in [0.3, 0.4) is 0 Å². The predicted octanol–water partition coefficient (Wildman–Crippen LogP) is 1.05. The van der Waals surface area contributed by atoms with Gasteiger partial charge in [0.15, 0.2) is 24.1 Å². The molecule has 0 spiro atoms. The first kappa shape index (κ1) is 15.0. The van der Waals surface area contributed by atoms with Crippen molar-refractivity contribution in [2.24, 2.45) is 0 Å². The van der Waals surface area contributed by atoms with Crippen LogP contribution in [0, 0.1) is 0 Å². The predicted molar refractivity (Wildman–Crippen MR) is 75.4 cm³/mol. The Hall–Kier alpha value is -2.37. The van der Waals surface area contributed by atoms with Crippen LogP contribution in [0.5, 0.6) is 0 Å². The maximum atomic E-state index is 11.6. The number of nitrogens with zero attached hydrogens (tertiary/aromatic N) is 2. The van der Waals surface area contributed by atoms with E-state index in [1.807, 2.05) is 24.3 Å². The summed E-state index contributed by atoms with van der Waals surface area (Å²) >= 11 is 0. The lowest BCUT2D eigenvalue weighted by Gasteiger charge is -1.99. The van der Waals surface area contributed by atoms with E-state index in [0.29, 0.717) is 13.2 Å². The zero-order valence-electron chi connectivity index (χ0n) is 12.2. The van der Waals surface area contributed by atoms with Crippen molar-refractivity contribution in [1.29, 1.82) is 0 Å². The highest BCUT2D eigenvalue weighted by Gasteiger charge is 2.20. The molecule has 0 unspecified atom stereocenters. The van der Waals surface area contributed by atoms with Gasteiger partial charge < -0.3 is 9.47 Å². The molecule has 1 heterocycles. The monoisotopic (exact) mass is 291 g/mol. The van der Waals surface area contributed by atoms with Crippen molar-refractivity contribution < 1.29 is 23.6 Å². The van der Waals surface area contributed by atoms with E-state index >= 15 is 0 Å². The van der Waals surface area contributed by atoms with Gasteiger partial charge in [-0.05, 0) is 26.0 Å². The van der Waals surface area contributed by atoms with E-state index in [0.717, 1.165) is 11.0 Å². The molecule has 6 nitrogen and oxygen atoms in total. The second-order valence-electron chi connectivity index (χ2n) is 4.47. The van der Waals surface area contributed by atoms with Crippen LogP contribution >= 0.6 is 0 Å². The van der Waals surface area contributed by atoms with Crippen molar-refractivity contribution in [2.75, 3.05) is 13.2 Å². The van der Waals surface area contributed by atoms with Crippen molar-refractivity contribution in [2.45, 2.75) is 26.9 Å². The number of hydrogen-bond acceptors (Lipinski definition) is 4. The molecule has 0 bridgehead atoms. The molecular weight excluding hydrogens is 272 g/mol. The van der Waals surface area contributed by atoms with Crippen LogP contribution in [-0.2, 0) is 32.2 Å². The highest BCUT2D eigenvalue weighted by atomic mass is 16.5. The average Bonchev–Trinajstić information content (AvgIpc) is 2.78. The van der Waals surface area contributed by atoms with E-state index in [1.165, 1.54) is 0 Å². The van der Waals surface area contributed by atoms with Gasteiger partial charge in [0.25, 0.3) is 0 Å². The molecule has 2 rings (SSSR count). The van der Waals surface area contributed by atoms with Crippen molar-refractivity contribution in [1.82, 2.24) is 4.57 Å². The van der Waals surface area contributed by atoms with Gasteiger partial charge in [-0.3, -0.25) is 0 Å². The maximum absolute atomic E-state index is 11.6. The van der Waals surface area contributed by atoms with Gasteiger partial charge in [0.1, 0.15) is 0 Å². The SMILES string of the molecule is CCOC(=O)Cn1c[n+](CC(=O)OCC)c2ccccc21. The number of esters is 2. The Balaban J connectivity index is 2.30. The minimum Gasteiger partial charge on any atom is -0.463 e. The summed E-state index contributed by atoms with van der Waals surface area (Å²) in [5, 5.41) is 0. The van der Waals surface area contributed by atoms with Gasteiger partial charge in [0.05, 0.1) is 13.2 Å². The van der Waals surface area contributed by atoms with E-state index in [-0.39, 0.29) is 25.0 Å². The number of imidazole rings is 1. The molecule has 21 heavy (non-hydrogen) atoms. The van der Waals surface area contributed by atoms with Gasteiger partial charge in [-0.15, -0.1) is 0 Å². The van der Waals surface area contributed by atoms with Crippen LogP contribution in [0.1, 0.15) is 13.8 Å². The Bertz CT molecular complexity index is 594. The first-order chi connectivity index (χ1) is 10.2. The van der Waals surface area contributed by atoms with E-state index < -0.39 is 0 Å². The van der Waals surface area contributed by atoms with E-state index in [9.17, 15) is 9.59 Å². The molecule has 1 aromatic carbocycles. The topological polar surface area (TPSA) is 61.4 Å². The van der Waals surface area contributed by atoms with E-state index in [4.69, 9.17) is 9.47 Å². The smallest absolute Gasteiger partial charge is 0.348 e. The molecule has 0 aliphatic rings. The van der Waals surface area contributed by atoms with E-state index in [1.54, 1.807) is 29.3 Å². The first-order valence-electron chi connectivity index (χ1n) is 6.94. The minimum atomic E-state index is -0.304. The van der Waals surface area contributed by atoms with Gasteiger partial charge >= 0.3 is 11.9 Å². The summed E-state index contributed by atoms with van der Waals surface area (Å²) in [7, 11) is 0. The lowest BCUT2D eigenvalue weighted by molar-refractivity contribution is -0.660. The van der Waals surface area contributed by atoms with E-state index in [2.05, 4.69) is 0 Å². The molecule has 0 amide bonds. The molecule has 6 heteroatoms. The highest BCUT2D eigenvalue weighted by molar-refractivity contribution is 5.76. The number of carbonyl (C=O) groups excluding carboxylic acids is 2. The zero-order valence-corrected chi connectivity index (χ0v) is 12.2. The first-order valence-corrected chi connectivity index (χ1v) is 6.94. The number of hydrogen-bond donors (Lipinski definition) is 0. The van der Waals surface area contributed by atoms with Crippen LogP contribution in [0.15, 0.2) is 30.6 Å². The summed E-state index contributed by atoms with van der Waals surface area (Å²) in [6.45, 7) is 4.47. The second kappa shape index (κ2) is 6.88. The molecule has 0 aliphatic heterocycles. The summed E-state index contributed by atoms with van der Waals surface area (Å²) < 4.78 is 13.5. The maximum Gasteiger partial charge on any atom is 0.348 e. The Morgan fingerprint density at radius 2 is 1.76 bits per heavy atom.